The highest BCUT2D eigenvalue weighted by atomic mass is 16.6. The van der Waals surface area contributed by atoms with Gasteiger partial charge < -0.3 is 14.7 Å². The number of carbonyl (C=O) groups excluding carboxylic acids is 1. The van der Waals surface area contributed by atoms with Crippen LogP contribution in [0.5, 0.6) is 0 Å². The quantitative estimate of drug-likeness (QED) is 0.565. The first-order chi connectivity index (χ1) is 16.0. The molecule has 1 amide bonds. The highest BCUT2D eigenvalue weighted by Crippen LogP contribution is 2.47. The fourth-order valence-corrected chi connectivity index (χ4v) is 6.29. The van der Waals surface area contributed by atoms with Gasteiger partial charge in [-0.15, -0.1) is 0 Å². The topological polar surface area (TPSA) is 49.8 Å². The maximum atomic E-state index is 13.3. The first-order valence-corrected chi connectivity index (χ1v) is 12.0. The number of fused-ring (bicyclic) bond motifs is 5. The summed E-state index contributed by atoms with van der Waals surface area (Å²) < 4.78 is 5.95. The zero-order valence-electron chi connectivity index (χ0n) is 18.9. The van der Waals surface area contributed by atoms with Crippen LogP contribution in [0, 0.1) is 6.92 Å². The number of nitrogens with zero attached hydrogens (tertiary/aromatic N) is 1. The van der Waals surface area contributed by atoms with Crippen molar-refractivity contribution in [2.75, 3.05) is 6.61 Å². The van der Waals surface area contributed by atoms with E-state index in [1.165, 1.54) is 27.8 Å². The number of ether oxygens (including phenoxy) is 1. The second kappa shape index (κ2) is 7.74. The minimum Gasteiger partial charge on any atom is -0.448 e. The molecule has 3 aliphatic rings. The molecule has 3 aromatic rings. The van der Waals surface area contributed by atoms with Gasteiger partial charge in [-0.1, -0.05) is 78.4 Å². The number of carbonyl (C=O) groups is 1. The van der Waals surface area contributed by atoms with Crippen molar-refractivity contribution >= 4 is 6.09 Å². The van der Waals surface area contributed by atoms with Gasteiger partial charge in [0.1, 0.15) is 6.61 Å². The average Bonchev–Trinajstić information content (AvgIpc) is 3.30. The molecule has 4 heteroatoms. The number of hydrogen-bond acceptors (Lipinski definition) is 3. The van der Waals surface area contributed by atoms with E-state index < -0.39 is 5.60 Å². The number of amides is 1. The van der Waals surface area contributed by atoms with E-state index in [1.807, 2.05) is 29.2 Å². The van der Waals surface area contributed by atoms with Crippen molar-refractivity contribution in [1.29, 1.82) is 0 Å². The highest BCUT2D eigenvalue weighted by Gasteiger charge is 2.50. The summed E-state index contributed by atoms with van der Waals surface area (Å²) in [5.41, 5.74) is 6.17. The molecule has 3 aromatic carbocycles. The van der Waals surface area contributed by atoms with Crippen LogP contribution in [0.3, 0.4) is 0 Å². The van der Waals surface area contributed by atoms with Crippen molar-refractivity contribution in [3.8, 4) is 11.1 Å². The van der Waals surface area contributed by atoms with Crippen molar-refractivity contribution in [1.82, 2.24) is 4.90 Å². The lowest BCUT2D eigenvalue weighted by atomic mass is 9.80. The molecule has 2 unspecified atom stereocenters. The van der Waals surface area contributed by atoms with E-state index in [0.717, 1.165) is 18.4 Å². The Morgan fingerprint density at radius 2 is 1.45 bits per heavy atom. The zero-order valence-corrected chi connectivity index (χ0v) is 18.9. The summed E-state index contributed by atoms with van der Waals surface area (Å²) in [6.45, 7) is 2.39. The molecular formula is C29H29NO3. The third-order valence-electron chi connectivity index (χ3n) is 7.90. The second-order valence-corrected chi connectivity index (χ2v) is 9.90. The Labute approximate surface area is 194 Å². The minimum atomic E-state index is -0.875. The molecule has 2 heterocycles. The molecule has 2 bridgehead atoms. The third-order valence-corrected chi connectivity index (χ3v) is 7.90. The SMILES string of the molecule is Cc1ccc(C2(O)CC3CCC(C2)N3C(=O)OCC2c3ccccc3-c3ccccc32)cc1. The fourth-order valence-electron chi connectivity index (χ4n) is 6.29. The smallest absolute Gasteiger partial charge is 0.410 e. The van der Waals surface area contributed by atoms with Crippen LogP contribution in [-0.4, -0.2) is 34.8 Å². The molecule has 0 spiro atoms. The largest absolute Gasteiger partial charge is 0.448 e. The molecule has 2 saturated heterocycles. The molecule has 2 atom stereocenters. The predicted octanol–water partition coefficient (Wildman–Crippen LogP) is 5.76. The molecule has 0 radical (unpaired) electrons. The molecule has 1 N–H and O–H groups in total. The van der Waals surface area contributed by atoms with Gasteiger partial charge in [-0.3, -0.25) is 0 Å². The summed E-state index contributed by atoms with van der Waals surface area (Å²) in [7, 11) is 0. The third kappa shape index (κ3) is 3.36. The Morgan fingerprint density at radius 3 is 2.03 bits per heavy atom. The van der Waals surface area contributed by atoms with Gasteiger partial charge in [-0.05, 0) is 47.6 Å². The maximum absolute atomic E-state index is 13.3. The van der Waals surface area contributed by atoms with Crippen LogP contribution in [0.25, 0.3) is 11.1 Å². The number of benzene rings is 3. The van der Waals surface area contributed by atoms with Gasteiger partial charge in [-0.25, -0.2) is 4.79 Å². The van der Waals surface area contributed by atoms with Crippen LogP contribution in [0.1, 0.15) is 53.9 Å². The summed E-state index contributed by atoms with van der Waals surface area (Å²) in [5.74, 6) is 0.0632. The monoisotopic (exact) mass is 439 g/mol. The Morgan fingerprint density at radius 1 is 0.909 bits per heavy atom. The van der Waals surface area contributed by atoms with Gasteiger partial charge in [0.15, 0.2) is 0 Å². The Balaban J connectivity index is 1.18. The van der Waals surface area contributed by atoms with Gasteiger partial charge in [0.25, 0.3) is 0 Å². The van der Waals surface area contributed by atoms with Crippen molar-refractivity contribution in [2.45, 2.75) is 56.2 Å². The zero-order chi connectivity index (χ0) is 22.6. The van der Waals surface area contributed by atoms with E-state index in [1.54, 1.807) is 0 Å². The number of aryl methyl sites for hydroxylation is 1. The van der Waals surface area contributed by atoms with E-state index >= 15 is 0 Å². The lowest BCUT2D eigenvalue weighted by Gasteiger charge is -2.43. The molecule has 6 rings (SSSR count). The Kier molecular flexibility index (Phi) is 4.81. The molecule has 4 nitrogen and oxygen atoms in total. The molecule has 2 aliphatic heterocycles. The van der Waals surface area contributed by atoms with Crippen LogP contribution in [0.15, 0.2) is 72.8 Å². The van der Waals surface area contributed by atoms with Crippen molar-refractivity contribution in [3.63, 3.8) is 0 Å². The van der Waals surface area contributed by atoms with Crippen LogP contribution >= 0.6 is 0 Å². The lowest BCUT2D eigenvalue weighted by Crippen LogP contribution is -2.52. The van der Waals surface area contributed by atoms with Gasteiger partial charge >= 0.3 is 6.09 Å². The summed E-state index contributed by atoms with van der Waals surface area (Å²) in [5, 5.41) is 11.5. The molecular weight excluding hydrogens is 410 g/mol. The Bertz CT molecular complexity index is 1140. The van der Waals surface area contributed by atoms with Gasteiger partial charge in [0, 0.05) is 30.8 Å². The molecule has 168 valence electrons. The van der Waals surface area contributed by atoms with E-state index in [-0.39, 0.29) is 24.1 Å². The van der Waals surface area contributed by atoms with Crippen molar-refractivity contribution in [3.05, 3.63) is 95.1 Å². The summed E-state index contributed by atoms with van der Waals surface area (Å²) in [4.78, 5) is 15.2. The van der Waals surface area contributed by atoms with E-state index in [2.05, 4.69) is 55.5 Å². The van der Waals surface area contributed by atoms with Crippen molar-refractivity contribution < 1.29 is 14.6 Å². The number of hydrogen-bond donors (Lipinski definition) is 1. The molecule has 1 aliphatic carbocycles. The van der Waals surface area contributed by atoms with Gasteiger partial charge in [-0.2, -0.15) is 0 Å². The Hall–Kier alpha value is -3.11. The maximum Gasteiger partial charge on any atom is 0.410 e. The van der Waals surface area contributed by atoms with Crippen LogP contribution in [0.4, 0.5) is 4.79 Å². The first-order valence-electron chi connectivity index (χ1n) is 12.0. The molecule has 2 fully saturated rings. The first kappa shape index (κ1) is 20.5. The predicted molar refractivity (Wildman–Crippen MR) is 128 cm³/mol. The fraction of sp³-hybridized carbons (Fsp3) is 0.345. The van der Waals surface area contributed by atoms with Gasteiger partial charge in [0.05, 0.1) is 5.60 Å². The molecule has 0 saturated carbocycles. The summed E-state index contributed by atoms with van der Waals surface area (Å²) in [6, 6.07) is 25.0. The normalized spacial score (nSPS) is 25.6. The van der Waals surface area contributed by atoms with E-state index in [4.69, 9.17) is 4.74 Å². The van der Waals surface area contributed by atoms with E-state index in [9.17, 15) is 9.90 Å². The summed E-state index contributed by atoms with van der Waals surface area (Å²) >= 11 is 0. The number of aliphatic hydroxyl groups is 1. The molecule has 33 heavy (non-hydrogen) atoms. The highest BCUT2D eigenvalue weighted by molar-refractivity contribution is 5.79. The number of piperidine rings is 1. The second-order valence-electron chi connectivity index (χ2n) is 9.90. The van der Waals surface area contributed by atoms with Crippen LogP contribution in [0.2, 0.25) is 0 Å². The van der Waals surface area contributed by atoms with Crippen LogP contribution in [-0.2, 0) is 10.3 Å². The van der Waals surface area contributed by atoms with E-state index in [0.29, 0.717) is 19.4 Å². The summed E-state index contributed by atoms with van der Waals surface area (Å²) in [6.07, 6.45) is 2.73. The standard InChI is InChI=1S/C29H29NO3/c1-19-10-12-20(13-11-19)29(32)16-21-14-15-22(17-29)30(21)28(31)33-18-27-25-8-4-2-6-23(25)24-7-3-5-9-26(24)27/h2-13,21-22,27,32H,14-18H2,1H3. The van der Waals surface area contributed by atoms with Crippen LogP contribution < -0.4 is 0 Å². The van der Waals surface area contributed by atoms with Gasteiger partial charge in [0.2, 0.25) is 0 Å². The minimum absolute atomic E-state index is 0.0192. The molecule has 0 aromatic heterocycles. The lowest BCUT2D eigenvalue weighted by molar-refractivity contribution is -0.0531. The number of rotatable bonds is 3. The van der Waals surface area contributed by atoms with Crippen molar-refractivity contribution in [2.24, 2.45) is 0 Å². The average molecular weight is 440 g/mol.